The van der Waals surface area contributed by atoms with Gasteiger partial charge in [-0.1, -0.05) is 6.07 Å². The van der Waals surface area contributed by atoms with E-state index in [9.17, 15) is 18.0 Å². The van der Waals surface area contributed by atoms with Crippen molar-refractivity contribution in [2.75, 3.05) is 25.5 Å². The van der Waals surface area contributed by atoms with Crippen molar-refractivity contribution in [3.63, 3.8) is 0 Å². The first-order valence-electron chi connectivity index (χ1n) is 6.95. The van der Waals surface area contributed by atoms with Gasteiger partial charge in [0.1, 0.15) is 0 Å². The van der Waals surface area contributed by atoms with Gasteiger partial charge in [0.15, 0.2) is 0 Å². The van der Waals surface area contributed by atoms with Crippen molar-refractivity contribution in [3.8, 4) is 0 Å². The molecule has 1 aliphatic heterocycles. The lowest BCUT2D eigenvalue weighted by atomic mass is 10.2. The molecule has 22 heavy (non-hydrogen) atoms. The molecule has 1 aromatic rings. The van der Waals surface area contributed by atoms with Crippen LogP contribution in [-0.2, 0) is 19.6 Å². The Hall–Kier alpha value is -1.93. The van der Waals surface area contributed by atoms with E-state index in [4.69, 9.17) is 0 Å². The number of hydrogen-bond donors (Lipinski definition) is 2. The van der Waals surface area contributed by atoms with Crippen LogP contribution in [0.25, 0.3) is 0 Å². The summed E-state index contributed by atoms with van der Waals surface area (Å²) in [4.78, 5) is 25.1. The molecule has 2 rings (SSSR count). The zero-order valence-electron chi connectivity index (χ0n) is 12.5. The zero-order chi connectivity index (χ0) is 16.3. The van der Waals surface area contributed by atoms with E-state index < -0.39 is 10.0 Å². The van der Waals surface area contributed by atoms with Crippen LogP contribution in [0.3, 0.4) is 0 Å². The number of rotatable bonds is 5. The number of amides is 2. The van der Waals surface area contributed by atoms with Crippen LogP contribution in [0.4, 0.5) is 5.69 Å². The third-order valence-corrected chi connectivity index (χ3v) is 4.98. The molecule has 7 nitrogen and oxygen atoms in total. The molecule has 0 spiro atoms. The Morgan fingerprint density at radius 2 is 2.09 bits per heavy atom. The number of carbonyl (C=O) groups excluding carboxylic acids is 2. The highest BCUT2D eigenvalue weighted by Crippen LogP contribution is 2.20. The number of aryl methyl sites for hydroxylation is 1. The molecule has 0 aromatic heterocycles. The Labute approximate surface area is 129 Å². The second-order valence-electron chi connectivity index (χ2n) is 5.15. The Balaban J connectivity index is 2.13. The third kappa shape index (κ3) is 3.63. The van der Waals surface area contributed by atoms with Gasteiger partial charge in [0, 0.05) is 18.7 Å². The van der Waals surface area contributed by atoms with E-state index in [0.29, 0.717) is 18.7 Å². The van der Waals surface area contributed by atoms with E-state index >= 15 is 0 Å². The molecule has 1 saturated heterocycles. The van der Waals surface area contributed by atoms with E-state index in [0.717, 1.165) is 12.0 Å². The summed E-state index contributed by atoms with van der Waals surface area (Å²) in [6, 6.07) is 4.51. The maximum atomic E-state index is 12.0. The molecule has 120 valence electrons. The maximum Gasteiger partial charge on any atom is 0.244 e. The minimum Gasteiger partial charge on any atom is -0.333 e. The van der Waals surface area contributed by atoms with Crippen molar-refractivity contribution in [2.24, 2.45) is 0 Å². The van der Waals surface area contributed by atoms with Gasteiger partial charge in [0.05, 0.1) is 11.4 Å². The summed E-state index contributed by atoms with van der Waals surface area (Å²) >= 11 is 0. The maximum absolute atomic E-state index is 12.0. The zero-order valence-corrected chi connectivity index (χ0v) is 13.4. The molecule has 8 heteroatoms. The molecule has 1 aromatic carbocycles. The number of likely N-dealkylation sites (tertiary alicyclic amines) is 1. The molecule has 0 atom stereocenters. The Bertz CT molecular complexity index is 700. The number of nitrogens with zero attached hydrogens (tertiary/aromatic N) is 1. The first kappa shape index (κ1) is 16.4. The fourth-order valence-electron chi connectivity index (χ4n) is 2.26. The Morgan fingerprint density at radius 1 is 1.36 bits per heavy atom. The van der Waals surface area contributed by atoms with Gasteiger partial charge in [0.25, 0.3) is 0 Å². The summed E-state index contributed by atoms with van der Waals surface area (Å²) < 4.78 is 25.8. The van der Waals surface area contributed by atoms with Gasteiger partial charge in [0.2, 0.25) is 21.8 Å². The number of benzene rings is 1. The Kier molecular flexibility index (Phi) is 4.82. The second-order valence-corrected chi connectivity index (χ2v) is 7.04. The van der Waals surface area contributed by atoms with Gasteiger partial charge in [-0.15, -0.1) is 0 Å². The summed E-state index contributed by atoms with van der Waals surface area (Å²) in [5.41, 5.74) is 1.17. The second kappa shape index (κ2) is 6.45. The van der Waals surface area contributed by atoms with E-state index in [-0.39, 0.29) is 23.3 Å². The van der Waals surface area contributed by atoms with Gasteiger partial charge in [-0.25, -0.2) is 13.1 Å². The van der Waals surface area contributed by atoms with Crippen LogP contribution in [0.2, 0.25) is 0 Å². The van der Waals surface area contributed by atoms with Crippen LogP contribution >= 0.6 is 0 Å². The smallest absolute Gasteiger partial charge is 0.244 e. The Morgan fingerprint density at radius 3 is 2.68 bits per heavy atom. The number of carbonyl (C=O) groups is 2. The van der Waals surface area contributed by atoms with Crippen LogP contribution in [0.5, 0.6) is 0 Å². The first-order chi connectivity index (χ1) is 10.3. The number of sulfonamides is 1. The minimum atomic E-state index is -3.57. The minimum absolute atomic E-state index is 0.0126. The molecule has 0 unspecified atom stereocenters. The summed E-state index contributed by atoms with van der Waals surface area (Å²) in [6.45, 7) is 2.34. The SMILES string of the molecule is CNS(=O)(=O)c1ccc(C)c(NC(=O)CN2CCCC2=O)c1. The lowest BCUT2D eigenvalue weighted by molar-refractivity contribution is -0.131. The van der Waals surface area contributed by atoms with Crippen LogP contribution in [-0.4, -0.2) is 45.3 Å². The summed E-state index contributed by atoms with van der Waals surface area (Å²) in [7, 11) is -2.24. The van der Waals surface area contributed by atoms with E-state index in [1.54, 1.807) is 13.0 Å². The fourth-order valence-corrected chi connectivity index (χ4v) is 3.01. The fraction of sp³-hybridized carbons (Fsp3) is 0.429. The summed E-state index contributed by atoms with van der Waals surface area (Å²) in [5.74, 6) is -0.365. The predicted octanol–water partition coefficient (Wildman–Crippen LogP) is 0.464. The van der Waals surface area contributed by atoms with Crippen molar-refractivity contribution < 1.29 is 18.0 Å². The van der Waals surface area contributed by atoms with Gasteiger partial charge < -0.3 is 10.2 Å². The summed E-state index contributed by atoms with van der Waals surface area (Å²) in [6.07, 6.45) is 1.24. The van der Waals surface area contributed by atoms with E-state index in [1.165, 1.54) is 24.1 Å². The van der Waals surface area contributed by atoms with Crippen molar-refractivity contribution in [1.82, 2.24) is 9.62 Å². The molecule has 2 N–H and O–H groups in total. The lowest BCUT2D eigenvalue weighted by Crippen LogP contribution is -2.34. The molecule has 1 aliphatic rings. The van der Waals surface area contributed by atoms with E-state index in [2.05, 4.69) is 10.0 Å². The molecular formula is C14H19N3O4S. The number of nitrogens with one attached hydrogen (secondary N) is 2. The third-order valence-electron chi connectivity index (χ3n) is 3.57. The van der Waals surface area contributed by atoms with E-state index in [1.807, 2.05) is 0 Å². The molecule has 1 heterocycles. The molecule has 1 fully saturated rings. The molecule has 0 saturated carbocycles. The quantitative estimate of drug-likeness (QED) is 0.822. The number of hydrogen-bond acceptors (Lipinski definition) is 4. The molecule has 0 radical (unpaired) electrons. The van der Waals surface area contributed by atoms with Crippen LogP contribution in [0, 0.1) is 6.92 Å². The average molecular weight is 325 g/mol. The monoisotopic (exact) mass is 325 g/mol. The largest absolute Gasteiger partial charge is 0.333 e. The van der Waals surface area contributed by atoms with Crippen LogP contribution in [0.15, 0.2) is 23.1 Å². The van der Waals surface area contributed by atoms with Gasteiger partial charge in [-0.3, -0.25) is 9.59 Å². The van der Waals surface area contributed by atoms with Crippen molar-refractivity contribution >= 4 is 27.5 Å². The standard InChI is InChI=1S/C14H19N3O4S/c1-10-5-6-11(22(20,21)15-2)8-12(10)16-13(18)9-17-7-3-4-14(17)19/h5-6,8,15H,3-4,7,9H2,1-2H3,(H,16,18). The van der Waals surface area contributed by atoms with Crippen LogP contribution in [0.1, 0.15) is 18.4 Å². The van der Waals surface area contributed by atoms with Crippen molar-refractivity contribution in [3.05, 3.63) is 23.8 Å². The summed E-state index contributed by atoms with van der Waals surface area (Å²) in [5, 5.41) is 2.67. The van der Waals surface area contributed by atoms with Gasteiger partial charge in [-0.2, -0.15) is 0 Å². The topological polar surface area (TPSA) is 95.6 Å². The van der Waals surface area contributed by atoms with Crippen molar-refractivity contribution in [2.45, 2.75) is 24.7 Å². The highest BCUT2D eigenvalue weighted by Gasteiger charge is 2.22. The molecule has 0 aliphatic carbocycles. The highest BCUT2D eigenvalue weighted by atomic mass is 32.2. The first-order valence-corrected chi connectivity index (χ1v) is 8.43. The molecule has 0 bridgehead atoms. The van der Waals surface area contributed by atoms with Gasteiger partial charge >= 0.3 is 0 Å². The molecular weight excluding hydrogens is 306 g/mol. The normalized spacial score (nSPS) is 15.2. The van der Waals surface area contributed by atoms with Crippen LogP contribution < -0.4 is 10.0 Å². The lowest BCUT2D eigenvalue weighted by Gasteiger charge is -2.16. The predicted molar refractivity (Wildman–Crippen MR) is 81.9 cm³/mol. The number of anilines is 1. The molecule has 2 amide bonds. The van der Waals surface area contributed by atoms with Gasteiger partial charge in [-0.05, 0) is 38.1 Å². The highest BCUT2D eigenvalue weighted by molar-refractivity contribution is 7.89. The average Bonchev–Trinajstić information content (AvgIpc) is 2.86. The van der Waals surface area contributed by atoms with Crippen molar-refractivity contribution in [1.29, 1.82) is 0 Å².